The molecule has 1 fully saturated rings. The number of nitriles is 2. The highest BCUT2D eigenvalue weighted by molar-refractivity contribution is 5.96. The predicted molar refractivity (Wildman–Crippen MR) is 141 cm³/mol. The van der Waals surface area contributed by atoms with Gasteiger partial charge in [0, 0.05) is 36.1 Å². The van der Waals surface area contributed by atoms with E-state index in [-0.39, 0.29) is 10.9 Å². The normalized spacial score (nSPS) is 17.2. The fourth-order valence-electron chi connectivity index (χ4n) is 4.15. The first-order chi connectivity index (χ1) is 18.1. The minimum absolute atomic E-state index is 0.0835. The Kier molecular flexibility index (Phi) is 5.99. The average Bonchev–Trinajstić information content (AvgIpc) is 3.62. The maximum Gasteiger partial charge on any atom is 0.151 e. The molecule has 37 heavy (non-hydrogen) atoms. The van der Waals surface area contributed by atoms with Crippen molar-refractivity contribution in [1.29, 1.82) is 10.5 Å². The Labute approximate surface area is 217 Å². The molecule has 1 aromatic heterocycles. The molecule has 4 N–H and O–H groups in total. The molecule has 0 bridgehead atoms. The van der Waals surface area contributed by atoms with E-state index in [9.17, 15) is 11.9 Å². The molecule has 1 atom stereocenters. The summed E-state index contributed by atoms with van der Waals surface area (Å²) < 4.78 is 25.0. The van der Waals surface area contributed by atoms with Gasteiger partial charge < -0.3 is 16.1 Å². The lowest BCUT2D eigenvalue weighted by molar-refractivity contribution is 0.260. The van der Waals surface area contributed by atoms with Crippen molar-refractivity contribution >= 4 is 22.3 Å². The van der Waals surface area contributed by atoms with E-state index < -0.39 is 11.8 Å². The second-order valence-electron chi connectivity index (χ2n) is 10.5. The van der Waals surface area contributed by atoms with Crippen LogP contribution in [0.4, 0.5) is 15.8 Å². The zero-order chi connectivity index (χ0) is 27.1. The van der Waals surface area contributed by atoms with Crippen LogP contribution >= 0.6 is 0 Å². The lowest BCUT2D eigenvalue weighted by atomic mass is 9.96. The number of halogens is 1. The first-order valence-corrected chi connectivity index (χ1v) is 12.2. The van der Waals surface area contributed by atoms with Crippen LogP contribution in [0, 0.1) is 33.9 Å². The summed E-state index contributed by atoms with van der Waals surface area (Å²) in [6, 6.07) is 12.8. The van der Waals surface area contributed by atoms with Crippen molar-refractivity contribution < 1.29 is 5.76 Å². The van der Waals surface area contributed by atoms with Crippen LogP contribution in [0.25, 0.3) is 10.9 Å². The Morgan fingerprint density at radius 3 is 2.76 bits per heavy atom. The van der Waals surface area contributed by atoms with E-state index >= 15 is 4.39 Å². The third-order valence-corrected chi connectivity index (χ3v) is 6.19. The number of nitrogens with zero attached hydrogens (tertiary/aromatic N) is 4. The molecule has 5 rings (SSSR count). The summed E-state index contributed by atoms with van der Waals surface area (Å²) >= 11 is 0. The summed E-state index contributed by atoms with van der Waals surface area (Å²) in [7, 11) is 0. The number of hydrazine groups is 2. The van der Waals surface area contributed by atoms with Gasteiger partial charge in [0.05, 0.1) is 36.0 Å². The summed E-state index contributed by atoms with van der Waals surface area (Å²) in [5.74, 6) is -0.576. The van der Waals surface area contributed by atoms with E-state index in [1.165, 1.54) is 12.3 Å². The van der Waals surface area contributed by atoms with Crippen LogP contribution in [0.1, 0.15) is 57.7 Å². The standard InChI is InChI=1S/C28H29FN8/c1-28(2,3)16-33-25-19(13-31)14-32-27-22(25)10-20(11-23(27)29)34-26(18-6-4-5-17(9-18)12-30)24-15-37(36-35-24)21-7-8-21/h4-6,9-11,14-15,21,26,34-36H,7-8,16H2,1-3H3,(H,32,33)/i26D. The monoisotopic (exact) mass is 497 g/mol. The van der Waals surface area contributed by atoms with Crippen molar-refractivity contribution in [3.8, 4) is 12.1 Å². The van der Waals surface area contributed by atoms with Crippen LogP contribution in [-0.2, 0) is 0 Å². The number of benzene rings is 2. The number of anilines is 2. The van der Waals surface area contributed by atoms with Gasteiger partial charge in [0.15, 0.2) is 5.82 Å². The number of nitrogens with one attached hydrogen (secondary N) is 4. The topological polar surface area (TPSA) is 112 Å². The number of hydrogen-bond donors (Lipinski definition) is 4. The maximum absolute atomic E-state index is 15.4. The first-order valence-electron chi connectivity index (χ1n) is 12.7. The fourth-order valence-corrected chi connectivity index (χ4v) is 4.15. The minimum Gasteiger partial charge on any atom is -0.383 e. The molecule has 0 radical (unpaired) electrons. The van der Waals surface area contributed by atoms with Gasteiger partial charge in [-0.15, -0.1) is 5.53 Å². The molecule has 2 aliphatic rings. The van der Waals surface area contributed by atoms with Gasteiger partial charge in [0.1, 0.15) is 11.6 Å². The highest BCUT2D eigenvalue weighted by Gasteiger charge is 2.32. The minimum atomic E-state index is -1.59. The lowest BCUT2D eigenvalue weighted by Gasteiger charge is -2.23. The molecule has 0 saturated heterocycles. The van der Waals surface area contributed by atoms with E-state index in [1.807, 2.05) is 11.2 Å². The van der Waals surface area contributed by atoms with Crippen molar-refractivity contribution in [2.75, 3.05) is 17.2 Å². The van der Waals surface area contributed by atoms with Gasteiger partial charge in [-0.3, -0.25) is 9.99 Å². The summed E-state index contributed by atoms with van der Waals surface area (Å²) in [5, 5.41) is 28.1. The average molecular weight is 498 g/mol. The molecule has 9 heteroatoms. The zero-order valence-electron chi connectivity index (χ0n) is 22.0. The Balaban J connectivity index is 1.61. The smallest absolute Gasteiger partial charge is 0.151 e. The Morgan fingerprint density at radius 1 is 1.24 bits per heavy atom. The third kappa shape index (κ3) is 5.28. The van der Waals surface area contributed by atoms with Crippen molar-refractivity contribution in [3.63, 3.8) is 0 Å². The predicted octanol–water partition coefficient (Wildman–Crippen LogP) is 5.06. The fraction of sp³-hybridized carbons (Fsp3) is 0.321. The number of hydrogen-bond acceptors (Lipinski definition) is 8. The Hall–Kier alpha value is -4.34. The molecule has 2 aromatic carbocycles. The number of pyridine rings is 1. The van der Waals surface area contributed by atoms with Crippen molar-refractivity contribution in [2.24, 2.45) is 5.41 Å². The third-order valence-electron chi connectivity index (χ3n) is 6.19. The zero-order valence-corrected chi connectivity index (χ0v) is 21.0. The summed E-state index contributed by atoms with van der Waals surface area (Å²) in [6.07, 6.45) is 5.31. The molecule has 1 aliphatic carbocycles. The van der Waals surface area contributed by atoms with Crippen molar-refractivity contribution in [1.82, 2.24) is 21.0 Å². The largest absolute Gasteiger partial charge is 0.383 e. The molecule has 1 saturated carbocycles. The van der Waals surface area contributed by atoms with E-state index in [4.69, 9.17) is 0 Å². The second-order valence-corrected chi connectivity index (χ2v) is 10.5. The molecule has 8 nitrogen and oxygen atoms in total. The van der Waals surface area contributed by atoms with Crippen LogP contribution in [0.5, 0.6) is 0 Å². The molecular weight excluding hydrogens is 467 g/mol. The van der Waals surface area contributed by atoms with Gasteiger partial charge in [-0.1, -0.05) is 32.9 Å². The molecule has 188 valence electrons. The maximum atomic E-state index is 15.4. The van der Waals surface area contributed by atoms with E-state index in [2.05, 4.69) is 59.5 Å². The number of fused-ring (bicyclic) bond motifs is 1. The Morgan fingerprint density at radius 2 is 2.05 bits per heavy atom. The van der Waals surface area contributed by atoms with Gasteiger partial charge in [-0.25, -0.2) is 4.39 Å². The van der Waals surface area contributed by atoms with E-state index in [0.717, 1.165) is 12.8 Å². The van der Waals surface area contributed by atoms with E-state index in [0.29, 0.717) is 51.7 Å². The highest BCUT2D eigenvalue weighted by atomic mass is 19.1. The summed E-state index contributed by atoms with van der Waals surface area (Å²) in [6.45, 7) is 6.75. The van der Waals surface area contributed by atoms with Crippen LogP contribution in [-0.4, -0.2) is 22.6 Å². The van der Waals surface area contributed by atoms with Crippen LogP contribution < -0.4 is 21.6 Å². The summed E-state index contributed by atoms with van der Waals surface area (Å²) in [4.78, 5) is 4.20. The highest BCUT2D eigenvalue weighted by Crippen LogP contribution is 2.35. The van der Waals surface area contributed by atoms with Crippen molar-refractivity contribution in [2.45, 2.75) is 45.7 Å². The summed E-state index contributed by atoms with van der Waals surface area (Å²) in [5.41, 5.74) is 8.77. The second kappa shape index (κ2) is 9.61. The molecule has 1 unspecified atom stereocenters. The molecule has 2 heterocycles. The van der Waals surface area contributed by atoms with Crippen LogP contribution in [0.15, 0.2) is 54.5 Å². The quantitative estimate of drug-likeness (QED) is 0.359. The van der Waals surface area contributed by atoms with Crippen LogP contribution in [0.2, 0.25) is 0 Å². The van der Waals surface area contributed by atoms with Gasteiger partial charge in [-0.2, -0.15) is 10.5 Å². The van der Waals surface area contributed by atoms with Gasteiger partial charge in [0.25, 0.3) is 0 Å². The number of aromatic nitrogens is 1. The Bertz CT molecular complexity index is 1510. The van der Waals surface area contributed by atoms with Gasteiger partial charge >= 0.3 is 0 Å². The lowest BCUT2D eigenvalue weighted by Crippen LogP contribution is -2.38. The molecule has 1 aliphatic heterocycles. The van der Waals surface area contributed by atoms with Crippen LogP contribution in [0.3, 0.4) is 0 Å². The van der Waals surface area contributed by atoms with Gasteiger partial charge in [0.2, 0.25) is 0 Å². The number of rotatable bonds is 7. The van der Waals surface area contributed by atoms with E-state index in [1.54, 1.807) is 30.3 Å². The molecule has 0 amide bonds. The van der Waals surface area contributed by atoms with Crippen molar-refractivity contribution in [3.05, 3.63) is 77.0 Å². The molecular formula is C28H29FN8. The molecule has 3 aromatic rings. The van der Waals surface area contributed by atoms with Gasteiger partial charge in [-0.05, 0) is 48.1 Å². The molecule has 0 spiro atoms. The SMILES string of the molecule is [2H]C(Nc1cc(F)c2ncc(C#N)c(NCC(C)(C)C)c2c1)(C1=CN(C2CC2)NN1)c1cccc(C#N)c1. The first kappa shape index (κ1) is 23.1.